The second kappa shape index (κ2) is 3.98. The Bertz CT molecular complexity index is 886. The molecule has 21 heavy (non-hydrogen) atoms. The maximum Gasteiger partial charge on any atom is 0.231 e. The number of pyridine rings is 1. The molecule has 0 fully saturated rings. The quantitative estimate of drug-likeness (QED) is 0.626. The number of benzene rings is 2. The number of hydrogen-bond donors (Lipinski definition) is 0. The van der Waals surface area contributed by atoms with Crippen LogP contribution in [0.2, 0.25) is 0 Å². The summed E-state index contributed by atoms with van der Waals surface area (Å²) < 4.78 is 11.1. The largest absolute Gasteiger partial charge is 0.454 e. The first-order chi connectivity index (χ1) is 10.4. The summed E-state index contributed by atoms with van der Waals surface area (Å²) in [6, 6.07) is 12.6. The minimum absolute atomic E-state index is 0.322. The highest BCUT2D eigenvalue weighted by molar-refractivity contribution is 5.98. The molecule has 1 aliphatic carbocycles. The molecule has 0 spiro atoms. The van der Waals surface area contributed by atoms with Crippen molar-refractivity contribution in [2.75, 3.05) is 6.79 Å². The lowest BCUT2D eigenvalue weighted by molar-refractivity contribution is 0.174. The van der Waals surface area contributed by atoms with Crippen LogP contribution in [0.1, 0.15) is 11.1 Å². The summed E-state index contributed by atoms with van der Waals surface area (Å²) in [5.41, 5.74) is 6.27. The smallest absolute Gasteiger partial charge is 0.231 e. The number of hydrogen-bond acceptors (Lipinski definition) is 3. The first-order valence-electron chi connectivity index (χ1n) is 7.20. The molecule has 3 heteroatoms. The van der Waals surface area contributed by atoms with E-state index in [1.54, 1.807) is 0 Å². The average Bonchev–Trinajstić information content (AvgIpc) is 2.99. The van der Waals surface area contributed by atoms with E-state index >= 15 is 0 Å². The molecule has 1 aliphatic heterocycles. The number of aromatic nitrogens is 1. The molecule has 3 aromatic rings. The molecular weight excluding hydrogens is 262 g/mol. The predicted octanol–water partition coefficient (Wildman–Crippen LogP) is 3.73. The Morgan fingerprint density at radius 2 is 1.71 bits per heavy atom. The summed E-state index contributed by atoms with van der Waals surface area (Å²) in [7, 11) is 0. The van der Waals surface area contributed by atoms with Gasteiger partial charge in [-0.3, -0.25) is 4.98 Å². The van der Waals surface area contributed by atoms with E-state index in [9.17, 15) is 0 Å². The van der Waals surface area contributed by atoms with Crippen LogP contribution in [-0.2, 0) is 12.8 Å². The monoisotopic (exact) mass is 275 g/mol. The topological polar surface area (TPSA) is 31.4 Å². The van der Waals surface area contributed by atoms with Crippen molar-refractivity contribution in [1.29, 1.82) is 0 Å². The van der Waals surface area contributed by atoms with Crippen molar-refractivity contribution in [1.82, 2.24) is 4.98 Å². The first-order valence-corrected chi connectivity index (χ1v) is 7.20. The number of nitrogens with zero attached hydrogens (tertiary/aromatic N) is 1. The van der Waals surface area contributed by atoms with Crippen molar-refractivity contribution < 1.29 is 9.47 Å². The molecule has 0 bridgehead atoms. The van der Waals surface area contributed by atoms with E-state index in [1.165, 1.54) is 27.6 Å². The normalized spacial score (nSPS) is 14.9. The number of para-hydroxylation sites is 1. The Morgan fingerprint density at radius 1 is 0.905 bits per heavy atom. The van der Waals surface area contributed by atoms with E-state index in [4.69, 9.17) is 9.47 Å². The second-order valence-corrected chi connectivity index (χ2v) is 5.54. The van der Waals surface area contributed by atoms with Crippen LogP contribution >= 0.6 is 0 Å². The van der Waals surface area contributed by atoms with Crippen LogP contribution in [0, 0.1) is 0 Å². The molecule has 0 radical (unpaired) electrons. The van der Waals surface area contributed by atoms with Crippen LogP contribution in [0.5, 0.6) is 11.5 Å². The van der Waals surface area contributed by atoms with Crippen molar-refractivity contribution in [3.63, 3.8) is 0 Å². The number of rotatable bonds is 0. The fourth-order valence-electron chi connectivity index (χ4n) is 3.38. The third-order valence-electron chi connectivity index (χ3n) is 4.39. The summed E-state index contributed by atoms with van der Waals surface area (Å²) >= 11 is 0. The zero-order valence-electron chi connectivity index (χ0n) is 11.4. The Balaban J connectivity index is 1.87. The Labute approximate surface area is 122 Å². The van der Waals surface area contributed by atoms with E-state index in [-0.39, 0.29) is 0 Å². The SMILES string of the molecule is c1ccc2c3c(cnc2c1)CCc1cc2c(cc1-3)OCO2. The highest BCUT2D eigenvalue weighted by Crippen LogP contribution is 2.44. The molecule has 0 amide bonds. The van der Waals surface area contributed by atoms with E-state index in [0.29, 0.717) is 6.79 Å². The van der Waals surface area contributed by atoms with Gasteiger partial charge in [0.15, 0.2) is 11.5 Å². The van der Waals surface area contributed by atoms with Gasteiger partial charge in [0.05, 0.1) is 5.52 Å². The standard InChI is InChI=1S/C18H13NO2/c1-2-4-15-13(3-1)18-12(9-19-15)6-5-11-7-16-17(8-14(11)18)21-10-20-16/h1-4,7-9H,5-6,10H2. The van der Waals surface area contributed by atoms with Gasteiger partial charge < -0.3 is 9.47 Å². The molecule has 0 unspecified atom stereocenters. The molecular formula is C18H13NO2. The third kappa shape index (κ3) is 1.51. The molecule has 2 aromatic carbocycles. The van der Waals surface area contributed by atoms with Gasteiger partial charge in [0.25, 0.3) is 0 Å². The van der Waals surface area contributed by atoms with Crippen molar-refractivity contribution >= 4 is 10.9 Å². The van der Waals surface area contributed by atoms with Crippen LogP contribution in [0.15, 0.2) is 42.6 Å². The molecule has 0 N–H and O–H groups in total. The fraction of sp³-hybridized carbons (Fsp3) is 0.167. The van der Waals surface area contributed by atoms with Crippen LogP contribution in [0.3, 0.4) is 0 Å². The zero-order chi connectivity index (χ0) is 13.8. The summed E-state index contributed by atoms with van der Waals surface area (Å²) in [4.78, 5) is 4.58. The van der Waals surface area contributed by atoms with Gasteiger partial charge in [-0.1, -0.05) is 18.2 Å². The lowest BCUT2D eigenvalue weighted by Gasteiger charge is -2.21. The molecule has 102 valence electrons. The van der Waals surface area contributed by atoms with Gasteiger partial charge in [0.1, 0.15) is 0 Å². The lowest BCUT2D eigenvalue weighted by atomic mass is 9.84. The van der Waals surface area contributed by atoms with Gasteiger partial charge in [-0.15, -0.1) is 0 Å². The van der Waals surface area contributed by atoms with E-state index in [0.717, 1.165) is 29.9 Å². The van der Waals surface area contributed by atoms with Crippen molar-refractivity contribution in [2.45, 2.75) is 12.8 Å². The van der Waals surface area contributed by atoms with Crippen molar-refractivity contribution in [2.24, 2.45) is 0 Å². The molecule has 0 atom stereocenters. The van der Waals surface area contributed by atoms with Crippen molar-refractivity contribution in [3.8, 4) is 22.6 Å². The summed E-state index contributed by atoms with van der Waals surface area (Å²) in [6.07, 6.45) is 4.07. The highest BCUT2D eigenvalue weighted by Gasteiger charge is 2.24. The van der Waals surface area contributed by atoms with E-state index < -0.39 is 0 Å². The molecule has 2 aliphatic rings. The number of fused-ring (bicyclic) bond motifs is 6. The van der Waals surface area contributed by atoms with Crippen LogP contribution in [-0.4, -0.2) is 11.8 Å². The summed E-state index contributed by atoms with van der Waals surface area (Å²) in [6.45, 7) is 0.322. The fourth-order valence-corrected chi connectivity index (χ4v) is 3.38. The maximum absolute atomic E-state index is 5.55. The van der Waals surface area contributed by atoms with Crippen molar-refractivity contribution in [3.05, 3.63) is 53.7 Å². The molecule has 0 saturated carbocycles. The molecule has 1 aromatic heterocycles. The molecule has 2 heterocycles. The van der Waals surface area contributed by atoms with Gasteiger partial charge in [-0.25, -0.2) is 0 Å². The second-order valence-electron chi connectivity index (χ2n) is 5.54. The maximum atomic E-state index is 5.55. The van der Waals surface area contributed by atoms with Gasteiger partial charge >= 0.3 is 0 Å². The molecule has 5 rings (SSSR count). The summed E-state index contributed by atoms with van der Waals surface area (Å²) in [5, 5.41) is 1.22. The number of ether oxygens (including phenoxy) is 2. The van der Waals surface area contributed by atoms with E-state index in [2.05, 4.69) is 35.3 Å². The number of aryl methyl sites for hydroxylation is 2. The molecule has 0 saturated heterocycles. The third-order valence-corrected chi connectivity index (χ3v) is 4.39. The van der Waals surface area contributed by atoms with Crippen LogP contribution < -0.4 is 9.47 Å². The van der Waals surface area contributed by atoms with Gasteiger partial charge in [-0.05, 0) is 53.3 Å². The highest BCUT2D eigenvalue weighted by atomic mass is 16.7. The average molecular weight is 275 g/mol. The van der Waals surface area contributed by atoms with Gasteiger partial charge in [0.2, 0.25) is 6.79 Å². The Kier molecular flexibility index (Phi) is 2.11. The minimum atomic E-state index is 0.322. The molecule has 3 nitrogen and oxygen atoms in total. The van der Waals surface area contributed by atoms with Crippen LogP contribution in [0.4, 0.5) is 0 Å². The first kappa shape index (κ1) is 11.1. The van der Waals surface area contributed by atoms with E-state index in [1.807, 2.05) is 12.3 Å². The van der Waals surface area contributed by atoms with Gasteiger partial charge in [0, 0.05) is 11.6 Å². The van der Waals surface area contributed by atoms with Crippen LogP contribution in [0.25, 0.3) is 22.0 Å². The predicted molar refractivity (Wildman–Crippen MR) is 80.7 cm³/mol. The Morgan fingerprint density at radius 3 is 2.67 bits per heavy atom. The zero-order valence-corrected chi connectivity index (χ0v) is 11.4. The summed E-state index contributed by atoms with van der Waals surface area (Å²) in [5.74, 6) is 1.72. The van der Waals surface area contributed by atoms with Gasteiger partial charge in [-0.2, -0.15) is 0 Å². The Hall–Kier alpha value is -2.55. The lowest BCUT2D eigenvalue weighted by Crippen LogP contribution is -2.05. The minimum Gasteiger partial charge on any atom is -0.454 e.